The van der Waals surface area contributed by atoms with Crippen molar-refractivity contribution < 1.29 is 0 Å². The third-order valence-electron chi connectivity index (χ3n) is 14.6. The lowest BCUT2D eigenvalue weighted by molar-refractivity contribution is 0.631. The van der Waals surface area contributed by atoms with E-state index in [0.29, 0.717) is 17.6 Å². The maximum atomic E-state index is 5.54. The van der Waals surface area contributed by atoms with Crippen LogP contribution < -0.4 is 4.90 Å². The molecule has 1 spiro atoms. The van der Waals surface area contributed by atoms with Gasteiger partial charge >= 0.3 is 0 Å². The number of benzene rings is 9. The second kappa shape index (κ2) is 13.6. The van der Waals surface area contributed by atoms with Crippen LogP contribution in [0.25, 0.3) is 72.5 Å². The predicted octanol–water partition coefficient (Wildman–Crippen LogP) is 14.8. The lowest BCUT2D eigenvalue weighted by Gasteiger charge is -2.41. The largest absolute Gasteiger partial charge is 0.309 e. The summed E-state index contributed by atoms with van der Waals surface area (Å²) < 4.78 is 2.39. The maximum absolute atomic E-state index is 5.54. The van der Waals surface area contributed by atoms with E-state index in [2.05, 4.69) is 230 Å². The summed E-state index contributed by atoms with van der Waals surface area (Å²) in [6.45, 7) is 4.68. The summed E-state index contributed by atoms with van der Waals surface area (Å²) in [5, 5.41) is 2.43. The second-order valence-corrected chi connectivity index (χ2v) is 18.3. The molecule has 0 fully saturated rings. The maximum Gasteiger partial charge on any atom is 0.238 e. The average molecular weight is 844 g/mol. The fraction of sp³-hybridized carbons (Fsp3) is 0.0656. The van der Waals surface area contributed by atoms with Gasteiger partial charge in [-0.15, -0.1) is 0 Å². The zero-order valence-electron chi connectivity index (χ0n) is 36.4. The van der Waals surface area contributed by atoms with Crippen LogP contribution in [0.2, 0.25) is 0 Å². The van der Waals surface area contributed by atoms with E-state index in [1.165, 1.54) is 71.9 Å². The quantitative estimate of drug-likeness (QED) is 0.177. The summed E-state index contributed by atoms with van der Waals surface area (Å²) in [7, 11) is 0. The topological polar surface area (TPSA) is 46.8 Å². The summed E-state index contributed by atoms with van der Waals surface area (Å²) in [4.78, 5) is 18.6. The molecule has 0 atom stereocenters. The van der Waals surface area contributed by atoms with Gasteiger partial charge in [0.1, 0.15) is 0 Å². The van der Waals surface area contributed by atoms with Crippen LogP contribution in [-0.2, 0) is 10.8 Å². The number of rotatable bonds is 4. The molecule has 14 rings (SSSR count). The van der Waals surface area contributed by atoms with Crippen molar-refractivity contribution in [3.63, 3.8) is 0 Å². The van der Waals surface area contributed by atoms with Crippen LogP contribution in [0.4, 0.5) is 17.3 Å². The van der Waals surface area contributed by atoms with Crippen molar-refractivity contribution in [1.82, 2.24) is 19.5 Å². The highest BCUT2D eigenvalue weighted by atomic mass is 15.3. The first-order chi connectivity index (χ1) is 32.5. The van der Waals surface area contributed by atoms with Gasteiger partial charge in [-0.1, -0.05) is 184 Å². The SMILES string of the molecule is CC1(C)c2ccccc2N(c2nc(-c3ccccc3)nc(-c3ccc4c(c3)-c3ccccc3C43c4ccccc4-c4ccccc43)n2)c2cc3c(cc21)c1ccccc1n3-c1ccccc1. The highest BCUT2D eigenvalue weighted by Crippen LogP contribution is 2.63. The van der Waals surface area contributed by atoms with Gasteiger partial charge in [0.25, 0.3) is 0 Å². The molecule has 1 aliphatic heterocycles. The van der Waals surface area contributed by atoms with Crippen molar-refractivity contribution in [1.29, 1.82) is 0 Å². The molecule has 5 nitrogen and oxygen atoms in total. The van der Waals surface area contributed by atoms with E-state index >= 15 is 0 Å². The van der Waals surface area contributed by atoms with Crippen molar-refractivity contribution in [2.24, 2.45) is 0 Å². The number of fused-ring (bicyclic) bond motifs is 15. The molecule has 0 amide bonds. The fourth-order valence-corrected chi connectivity index (χ4v) is 11.8. The van der Waals surface area contributed by atoms with Crippen molar-refractivity contribution in [3.05, 3.63) is 246 Å². The second-order valence-electron chi connectivity index (χ2n) is 18.3. The number of anilines is 3. The lowest BCUT2D eigenvalue weighted by Crippen LogP contribution is -2.31. The Labute approximate surface area is 383 Å². The Morgan fingerprint density at radius 3 is 1.61 bits per heavy atom. The minimum atomic E-state index is -0.432. The Hall–Kier alpha value is -8.41. The molecule has 0 radical (unpaired) electrons. The molecule has 0 N–H and O–H groups in total. The normalized spacial score (nSPS) is 14.4. The third kappa shape index (κ3) is 4.92. The molecule has 2 aliphatic carbocycles. The summed E-state index contributed by atoms with van der Waals surface area (Å²) in [6.07, 6.45) is 0. The minimum absolute atomic E-state index is 0.328. The Morgan fingerprint density at radius 1 is 0.364 bits per heavy atom. The zero-order chi connectivity index (χ0) is 43.7. The third-order valence-corrected chi connectivity index (χ3v) is 14.6. The van der Waals surface area contributed by atoms with Gasteiger partial charge in [0.05, 0.1) is 27.8 Å². The van der Waals surface area contributed by atoms with Gasteiger partial charge in [-0.3, -0.25) is 4.90 Å². The Bertz CT molecular complexity index is 3760. The molecule has 5 heteroatoms. The number of hydrogen-bond donors (Lipinski definition) is 0. The molecular formula is C61H41N5. The standard InChI is InChI=1S/C61H41N5/c1-60(2)51-30-16-18-32-54(51)66(56-37-55-46(36-52(56)60)44-26-12-17-31-53(44)65(55)40-21-7-4-8-22-40)59-63-57(38-19-5-3-6-20-38)62-58(64-59)39-33-34-50-45(35-39)43-25-11-15-29-49(43)61(50)47-27-13-9-23-41(47)42-24-10-14-28-48(42)61/h3-37H,1-2H3. The number of para-hydroxylation sites is 3. The van der Waals surface area contributed by atoms with Crippen molar-refractivity contribution in [3.8, 4) is 50.7 Å². The first-order valence-corrected chi connectivity index (χ1v) is 22.8. The molecule has 0 bridgehead atoms. The molecule has 66 heavy (non-hydrogen) atoms. The van der Waals surface area contributed by atoms with E-state index < -0.39 is 5.41 Å². The van der Waals surface area contributed by atoms with Crippen molar-refractivity contribution in [2.75, 3.05) is 4.90 Å². The van der Waals surface area contributed by atoms with Crippen LogP contribution in [0.5, 0.6) is 0 Å². The molecule has 2 aromatic heterocycles. The zero-order valence-corrected chi connectivity index (χ0v) is 36.4. The molecular weight excluding hydrogens is 803 g/mol. The summed E-state index contributed by atoms with van der Waals surface area (Å²) in [5.41, 5.74) is 19.3. The van der Waals surface area contributed by atoms with Crippen LogP contribution in [-0.4, -0.2) is 19.5 Å². The van der Waals surface area contributed by atoms with E-state index in [1.54, 1.807) is 0 Å². The predicted molar refractivity (Wildman–Crippen MR) is 268 cm³/mol. The highest BCUT2D eigenvalue weighted by Gasteiger charge is 2.51. The van der Waals surface area contributed by atoms with Gasteiger partial charge in [0.2, 0.25) is 5.95 Å². The molecule has 0 saturated heterocycles. The number of nitrogens with zero attached hydrogens (tertiary/aromatic N) is 5. The summed E-state index contributed by atoms with van der Waals surface area (Å²) in [5.74, 6) is 1.81. The first-order valence-electron chi connectivity index (χ1n) is 22.8. The van der Waals surface area contributed by atoms with E-state index in [9.17, 15) is 0 Å². The van der Waals surface area contributed by atoms with Crippen molar-refractivity contribution in [2.45, 2.75) is 24.7 Å². The minimum Gasteiger partial charge on any atom is -0.309 e. The van der Waals surface area contributed by atoms with Gasteiger partial charge in [-0.2, -0.15) is 9.97 Å². The van der Waals surface area contributed by atoms with Crippen LogP contribution in [0.15, 0.2) is 212 Å². The van der Waals surface area contributed by atoms with Gasteiger partial charge in [0.15, 0.2) is 11.6 Å². The van der Waals surface area contributed by atoms with Crippen LogP contribution >= 0.6 is 0 Å². The van der Waals surface area contributed by atoms with Crippen LogP contribution in [0, 0.1) is 0 Å². The molecule has 9 aromatic carbocycles. The Balaban J connectivity index is 1.02. The lowest BCUT2D eigenvalue weighted by atomic mass is 9.70. The molecule has 310 valence electrons. The molecule has 3 aliphatic rings. The van der Waals surface area contributed by atoms with E-state index in [4.69, 9.17) is 15.0 Å². The summed E-state index contributed by atoms with van der Waals surface area (Å²) >= 11 is 0. The fourth-order valence-electron chi connectivity index (χ4n) is 11.8. The van der Waals surface area contributed by atoms with E-state index in [1.807, 2.05) is 6.07 Å². The number of hydrogen-bond acceptors (Lipinski definition) is 4. The van der Waals surface area contributed by atoms with Gasteiger partial charge in [0, 0.05) is 33.0 Å². The van der Waals surface area contributed by atoms with E-state index in [0.717, 1.165) is 33.7 Å². The van der Waals surface area contributed by atoms with Gasteiger partial charge < -0.3 is 4.57 Å². The first kappa shape index (κ1) is 37.0. The average Bonchev–Trinajstić information content (AvgIpc) is 3.98. The molecule has 3 heterocycles. The van der Waals surface area contributed by atoms with Gasteiger partial charge in [-0.05, 0) is 98.1 Å². The Kier molecular flexibility index (Phi) is 7.60. The van der Waals surface area contributed by atoms with Crippen LogP contribution in [0.3, 0.4) is 0 Å². The molecule has 0 saturated carbocycles. The number of aromatic nitrogens is 4. The van der Waals surface area contributed by atoms with E-state index in [-0.39, 0.29) is 5.41 Å². The van der Waals surface area contributed by atoms with Crippen LogP contribution in [0.1, 0.15) is 47.2 Å². The van der Waals surface area contributed by atoms with Gasteiger partial charge in [-0.25, -0.2) is 4.98 Å². The molecule has 11 aromatic rings. The van der Waals surface area contributed by atoms with Crippen molar-refractivity contribution >= 4 is 39.1 Å². The summed E-state index contributed by atoms with van der Waals surface area (Å²) in [6, 6.07) is 77.0. The highest BCUT2D eigenvalue weighted by molar-refractivity contribution is 6.11. The monoisotopic (exact) mass is 843 g/mol. The smallest absolute Gasteiger partial charge is 0.238 e. The molecule has 0 unspecified atom stereocenters. The Morgan fingerprint density at radius 2 is 0.909 bits per heavy atom.